The van der Waals surface area contributed by atoms with Gasteiger partial charge < -0.3 is 15.4 Å². The van der Waals surface area contributed by atoms with Crippen LogP contribution in [0.5, 0.6) is 0 Å². The average Bonchev–Trinajstić information content (AvgIpc) is 2.29. The van der Waals surface area contributed by atoms with Gasteiger partial charge in [-0.3, -0.25) is 4.79 Å². The summed E-state index contributed by atoms with van der Waals surface area (Å²) in [4.78, 5) is 11.5. The molecule has 0 fully saturated rings. The van der Waals surface area contributed by atoms with Crippen molar-refractivity contribution in [2.24, 2.45) is 0 Å². The van der Waals surface area contributed by atoms with Crippen LogP contribution in [-0.4, -0.2) is 32.7 Å². The topological polar surface area (TPSA) is 50.4 Å². The molecule has 0 spiro atoms. The van der Waals surface area contributed by atoms with Crippen LogP contribution in [0.2, 0.25) is 0 Å². The van der Waals surface area contributed by atoms with E-state index in [0.29, 0.717) is 31.8 Å². The number of halogens is 1. The molecule has 0 aliphatic carbocycles. The Kier molecular flexibility index (Phi) is 6.21. The Morgan fingerprint density at radius 3 is 2.94 bits per heavy atom. The summed E-state index contributed by atoms with van der Waals surface area (Å²) in [7, 11) is 1.62. The number of anilines is 1. The molecule has 5 heteroatoms. The second kappa shape index (κ2) is 7.76. The Morgan fingerprint density at radius 2 is 2.24 bits per heavy atom. The molecule has 0 heterocycles. The van der Waals surface area contributed by atoms with Crippen LogP contribution >= 0.6 is 0 Å². The zero-order chi connectivity index (χ0) is 12.5. The summed E-state index contributed by atoms with van der Waals surface area (Å²) in [5.74, 6) is -0.499. The van der Waals surface area contributed by atoms with E-state index in [2.05, 4.69) is 10.6 Å². The Morgan fingerprint density at radius 1 is 1.41 bits per heavy atom. The third kappa shape index (κ3) is 5.99. The highest BCUT2D eigenvalue weighted by Crippen LogP contribution is 2.08. The lowest BCUT2D eigenvalue weighted by Crippen LogP contribution is -2.24. The highest BCUT2D eigenvalue weighted by molar-refractivity contribution is 5.90. The van der Waals surface area contributed by atoms with Crippen LogP contribution in [0, 0.1) is 5.82 Å². The molecule has 1 aromatic carbocycles. The molecule has 2 N–H and O–H groups in total. The van der Waals surface area contributed by atoms with E-state index in [4.69, 9.17) is 4.74 Å². The maximum Gasteiger partial charge on any atom is 0.225 e. The summed E-state index contributed by atoms with van der Waals surface area (Å²) in [6.07, 6.45) is 0.347. The number of hydrogen-bond acceptors (Lipinski definition) is 3. The van der Waals surface area contributed by atoms with Crippen molar-refractivity contribution in [3.63, 3.8) is 0 Å². The molecule has 0 atom stereocenters. The Balaban J connectivity index is 2.21. The molecule has 1 rings (SSSR count). The van der Waals surface area contributed by atoms with E-state index in [0.717, 1.165) is 0 Å². The molecule has 0 aromatic heterocycles. The maximum atomic E-state index is 12.8. The van der Waals surface area contributed by atoms with Gasteiger partial charge in [-0.15, -0.1) is 0 Å². The molecule has 0 radical (unpaired) electrons. The fourth-order valence-corrected chi connectivity index (χ4v) is 1.29. The molecule has 94 valence electrons. The van der Waals surface area contributed by atoms with Gasteiger partial charge >= 0.3 is 0 Å². The first-order valence-corrected chi connectivity index (χ1v) is 5.47. The van der Waals surface area contributed by atoms with Crippen molar-refractivity contribution in [3.05, 3.63) is 30.1 Å². The van der Waals surface area contributed by atoms with Gasteiger partial charge in [-0.25, -0.2) is 4.39 Å². The minimum atomic E-state index is -0.360. The smallest absolute Gasteiger partial charge is 0.225 e. The van der Waals surface area contributed by atoms with Gasteiger partial charge in [-0.05, 0) is 18.2 Å². The van der Waals surface area contributed by atoms with E-state index in [1.165, 1.54) is 12.1 Å². The van der Waals surface area contributed by atoms with E-state index in [-0.39, 0.29) is 11.7 Å². The summed E-state index contributed by atoms with van der Waals surface area (Å²) < 4.78 is 17.7. The molecule has 1 aromatic rings. The predicted molar refractivity (Wildman–Crippen MR) is 64.4 cm³/mol. The van der Waals surface area contributed by atoms with Crippen molar-refractivity contribution in [1.82, 2.24) is 5.32 Å². The van der Waals surface area contributed by atoms with Crippen LogP contribution in [-0.2, 0) is 9.53 Å². The monoisotopic (exact) mass is 240 g/mol. The SMILES string of the molecule is COCCNCCC(=O)Nc1cccc(F)c1. The first-order valence-electron chi connectivity index (χ1n) is 5.47. The lowest BCUT2D eigenvalue weighted by Gasteiger charge is -2.06. The largest absolute Gasteiger partial charge is 0.383 e. The number of rotatable bonds is 7. The highest BCUT2D eigenvalue weighted by Gasteiger charge is 2.02. The molecule has 4 nitrogen and oxygen atoms in total. The van der Waals surface area contributed by atoms with Gasteiger partial charge in [0.25, 0.3) is 0 Å². The molecular weight excluding hydrogens is 223 g/mol. The molecular formula is C12H17FN2O2. The van der Waals surface area contributed by atoms with E-state index in [1.54, 1.807) is 19.2 Å². The summed E-state index contributed by atoms with van der Waals surface area (Å²) in [6, 6.07) is 5.83. The normalized spacial score (nSPS) is 10.2. The number of hydrogen-bond donors (Lipinski definition) is 2. The maximum absolute atomic E-state index is 12.8. The molecule has 0 unspecified atom stereocenters. The minimum Gasteiger partial charge on any atom is -0.383 e. The highest BCUT2D eigenvalue weighted by atomic mass is 19.1. The first-order chi connectivity index (χ1) is 8.22. The lowest BCUT2D eigenvalue weighted by atomic mass is 10.3. The summed E-state index contributed by atoms with van der Waals surface area (Å²) in [5, 5.41) is 5.68. The van der Waals surface area contributed by atoms with Gasteiger partial charge in [0, 0.05) is 32.3 Å². The van der Waals surface area contributed by atoms with Crippen LogP contribution in [0.15, 0.2) is 24.3 Å². The first kappa shape index (κ1) is 13.6. The van der Waals surface area contributed by atoms with Crippen LogP contribution in [0.3, 0.4) is 0 Å². The molecule has 0 aliphatic rings. The van der Waals surface area contributed by atoms with Crippen LogP contribution in [0.4, 0.5) is 10.1 Å². The van der Waals surface area contributed by atoms with Crippen LogP contribution in [0.25, 0.3) is 0 Å². The number of nitrogens with one attached hydrogen (secondary N) is 2. The Labute approximate surface area is 100 Å². The summed E-state index contributed by atoms with van der Waals surface area (Å²) in [5.41, 5.74) is 0.479. The van der Waals surface area contributed by atoms with Gasteiger partial charge in [0.1, 0.15) is 5.82 Å². The van der Waals surface area contributed by atoms with E-state index < -0.39 is 0 Å². The lowest BCUT2D eigenvalue weighted by molar-refractivity contribution is -0.116. The van der Waals surface area contributed by atoms with Gasteiger partial charge in [0.15, 0.2) is 0 Å². The van der Waals surface area contributed by atoms with Crippen molar-refractivity contribution in [2.75, 3.05) is 32.1 Å². The quantitative estimate of drug-likeness (QED) is 0.708. The number of carbonyl (C=O) groups is 1. The van der Waals surface area contributed by atoms with E-state index in [9.17, 15) is 9.18 Å². The molecule has 0 saturated heterocycles. The summed E-state index contributed by atoms with van der Waals surface area (Å²) in [6.45, 7) is 1.90. The van der Waals surface area contributed by atoms with Crippen LogP contribution < -0.4 is 10.6 Å². The van der Waals surface area contributed by atoms with Crippen LogP contribution in [0.1, 0.15) is 6.42 Å². The zero-order valence-corrected chi connectivity index (χ0v) is 9.83. The number of amides is 1. The fraction of sp³-hybridized carbons (Fsp3) is 0.417. The predicted octanol–water partition coefficient (Wildman–Crippen LogP) is 1.39. The number of carbonyl (C=O) groups excluding carboxylic acids is 1. The second-order valence-electron chi connectivity index (χ2n) is 3.55. The standard InChI is InChI=1S/C12H17FN2O2/c1-17-8-7-14-6-5-12(16)15-11-4-2-3-10(13)9-11/h2-4,9,14H,5-8H2,1H3,(H,15,16). The Hall–Kier alpha value is -1.46. The summed E-state index contributed by atoms with van der Waals surface area (Å²) >= 11 is 0. The molecule has 17 heavy (non-hydrogen) atoms. The van der Waals surface area contributed by atoms with Crippen molar-refractivity contribution >= 4 is 11.6 Å². The molecule has 0 saturated carbocycles. The minimum absolute atomic E-state index is 0.138. The van der Waals surface area contributed by atoms with Crippen molar-refractivity contribution < 1.29 is 13.9 Å². The third-order valence-corrected chi connectivity index (χ3v) is 2.12. The molecule has 1 amide bonds. The van der Waals surface area contributed by atoms with Crippen molar-refractivity contribution in [1.29, 1.82) is 0 Å². The number of methoxy groups -OCH3 is 1. The number of benzene rings is 1. The average molecular weight is 240 g/mol. The van der Waals surface area contributed by atoms with Gasteiger partial charge in [-0.2, -0.15) is 0 Å². The van der Waals surface area contributed by atoms with Crippen molar-refractivity contribution in [3.8, 4) is 0 Å². The van der Waals surface area contributed by atoms with Gasteiger partial charge in [0.05, 0.1) is 6.61 Å². The second-order valence-corrected chi connectivity index (χ2v) is 3.55. The van der Waals surface area contributed by atoms with Gasteiger partial charge in [-0.1, -0.05) is 6.07 Å². The van der Waals surface area contributed by atoms with Gasteiger partial charge in [0.2, 0.25) is 5.91 Å². The Bertz CT molecular complexity index is 358. The molecule has 0 bridgehead atoms. The fourth-order valence-electron chi connectivity index (χ4n) is 1.29. The zero-order valence-electron chi connectivity index (χ0n) is 9.83. The third-order valence-electron chi connectivity index (χ3n) is 2.12. The molecule has 0 aliphatic heterocycles. The number of ether oxygens (including phenoxy) is 1. The van der Waals surface area contributed by atoms with Crippen molar-refractivity contribution in [2.45, 2.75) is 6.42 Å². The van der Waals surface area contributed by atoms with E-state index >= 15 is 0 Å². The van der Waals surface area contributed by atoms with E-state index in [1.807, 2.05) is 0 Å².